The summed E-state index contributed by atoms with van der Waals surface area (Å²) in [5.74, 6) is 1.77. The van der Waals surface area contributed by atoms with E-state index in [0.717, 1.165) is 5.69 Å². The molecule has 9 heteroatoms. The number of fused-ring (bicyclic) bond motifs is 1. The molecule has 4 N–H and O–H groups in total. The molecule has 0 unspecified atom stereocenters. The van der Waals surface area contributed by atoms with E-state index in [0.29, 0.717) is 35.1 Å². The van der Waals surface area contributed by atoms with Crippen LogP contribution in [0.5, 0.6) is 0 Å². The van der Waals surface area contributed by atoms with Crippen molar-refractivity contribution in [3.63, 3.8) is 0 Å². The van der Waals surface area contributed by atoms with Gasteiger partial charge in [0.25, 0.3) is 0 Å². The van der Waals surface area contributed by atoms with Crippen molar-refractivity contribution in [3.8, 4) is 0 Å². The Bertz CT molecular complexity index is 730. The molecule has 0 saturated carbocycles. The van der Waals surface area contributed by atoms with E-state index in [4.69, 9.17) is 10.3 Å². The maximum Gasteiger partial charge on any atom is 0.223 e. The molecule has 0 amide bonds. The Kier molecular flexibility index (Phi) is 2.51. The van der Waals surface area contributed by atoms with Gasteiger partial charge in [-0.15, -0.1) is 0 Å². The second-order valence-electron chi connectivity index (χ2n) is 4.06. The monoisotopic (exact) mass is 260 g/mol. The highest BCUT2D eigenvalue weighted by Crippen LogP contribution is 2.21. The number of nitrogens with two attached hydrogens (primary N) is 1. The van der Waals surface area contributed by atoms with Gasteiger partial charge in [-0.3, -0.25) is 5.10 Å². The van der Waals surface area contributed by atoms with Gasteiger partial charge in [0, 0.05) is 6.92 Å². The van der Waals surface area contributed by atoms with Crippen LogP contribution < -0.4 is 11.1 Å². The Labute approximate surface area is 107 Å². The topological polar surface area (TPSA) is 131 Å². The molecule has 0 spiro atoms. The summed E-state index contributed by atoms with van der Waals surface area (Å²) in [5.41, 5.74) is 7.83. The summed E-state index contributed by atoms with van der Waals surface area (Å²) < 4.78 is 4.89. The van der Waals surface area contributed by atoms with Gasteiger partial charge in [0.2, 0.25) is 11.8 Å². The quantitative estimate of drug-likeness (QED) is 0.622. The number of anilines is 2. The number of aromatic nitrogens is 6. The second kappa shape index (κ2) is 4.19. The number of aromatic amines is 1. The van der Waals surface area contributed by atoms with Crippen molar-refractivity contribution in [1.82, 2.24) is 30.3 Å². The first-order chi connectivity index (χ1) is 9.13. The highest BCUT2D eigenvalue weighted by molar-refractivity contribution is 5.87. The lowest BCUT2D eigenvalue weighted by molar-refractivity contribution is 0.388. The molecule has 0 atom stereocenters. The number of aryl methyl sites for hydroxylation is 2. The van der Waals surface area contributed by atoms with Crippen LogP contribution in [0.2, 0.25) is 0 Å². The maximum absolute atomic E-state index is 5.67. The third kappa shape index (κ3) is 2.05. The molecule has 9 nitrogen and oxygen atoms in total. The normalized spacial score (nSPS) is 11.1. The summed E-state index contributed by atoms with van der Waals surface area (Å²) in [6.07, 6.45) is 0. The standard InChI is InChI=1S/C10H12N8O/c1-4-7-8(17-16-4)9(15-10(11)14-7)12-3-6-13-5(2)19-18-6/h3H2,1-2H3,(H,16,17)(H3,11,12,14,15). The van der Waals surface area contributed by atoms with Crippen molar-refractivity contribution in [2.45, 2.75) is 20.4 Å². The van der Waals surface area contributed by atoms with Crippen molar-refractivity contribution in [3.05, 3.63) is 17.4 Å². The molecule has 3 aromatic heterocycles. The van der Waals surface area contributed by atoms with Crippen molar-refractivity contribution in [2.24, 2.45) is 0 Å². The summed E-state index contributed by atoms with van der Waals surface area (Å²) in [4.78, 5) is 12.4. The predicted octanol–water partition coefficient (Wildman–Crippen LogP) is 0.547. The van der Waals surface area contributed by atoms with E-state index in [1.165, 1.54) is 0 Å². The minimum absolute atomic E-state index is 0.184. The lowest BCUT2D eigenvalue weighted by atomic mass is 10.3. The average Bonchev–Trinajstić information content (AvgIpc) is 2.94. The third-order valence-corrected chi connectivity index (χ3v) is 2.58. The van der Waals surface area contributed by atoms with Crippen molar-refractivity contribution >= 4 is 22.8 Å². The molecule has 0 radical (unpaired) electrons. The summed E-state index contributed by atoms with van der Waals surface area (Å²) in [7, 11) is 0. The Morgan fingerprint density at radius 3 is 2.79 bits per heavy atom. The fraction of sp³-hybridized carbons (Fsp3) is 0.300. The van der Waals surface area contributed by atoms with Gasteiger partial charge in [-0.2, -0.15) is 15.1 Å². The van der Waals surface area contributed by atoms with E-state index in [1.807, 2.05) is 6.92 Å². The van der Waals surface area contributed by atoms with Crippen molar-refractivity contribution in [1.29, 1.82) is 0 Å². The molecular weight excluding hydrogens is 248 g/mol. The average molecular weight is 260 g/mol. The predicted molar refractivity (Wildman–Crippen MR) is 67.2 cm³/mol. The van der Waals surface area contributed by atoms with Crippen LogP contribution in [-0.2, 0) is 6.54 Å². The smallest absolute Gasteiger partial charge is 0.223 e. The summed E-state index contributed by atoms with van der Waals surface area (Å²) in [6, 6.07) is 0. The van der Waals surface area contributed by atoms with E-state index < -0.39 is 0 Å². The number of H-pyrrole nitrogens is 1. The van der Waals surface area contributed by atoms with Crippen LogP contribution in [0.25, 0.3) is 11.0 Å². The van der Waals surface area contributed by atoms with E-state index in [9.17, 15) is 0 Å². The van der Waals surface area contributed by atoms with Crippen LogP contribution in [-0.4, -0.2) is 30.3 Å². The number of nitrogen functional groups attached to an aromatic ring is 1. The molecular formula is C10H12N8O. The van der Waals surface area contributed by atoms with E-state index in [2.05, 4.69) is 35.6 Å². The van der Waals surface area contributed by atoms with Gasteiger partial charge < -0.3 is 15.6 Å². The molecule has 3 rings (SSSR count). The molecule has 0 saturated heterocycles. The molecule has 3 aromatic rings. The summed E-state index contributed by atoms with van der Waals surface area (Å²) in [5, 5.41) is 13.9. The van der Waals surface area contributed by atoms with Crippen LogP contribution in [0.3, 0.4) is 0 Å². The third-order valence-electron chi connectivity index (χ3n) is 2.58. The van der Waals surface area contributed by atoms with Crippen LogP contribution >= 0.6 is 0 Å². The van der Waals surface area contributed by atoms with E-state index >= 15 is 0 Å². The summed E-state index contributed by atoms with van der Waals surface area (Å²) in [6.45, 7) is 3.97. The number of hydrogen-bond acceptors (Lipinski definition) is 8. The van der Waals surface area contributed by atoms with Gasteiger partial charge in [0.15, 0.2) is 17.2 Å². The fourth-order valence-corrected chi connectivity index (χ4v) is 1.73. The number of nitrogens with one attached hydrogen (secondary N) is 2. The van der Waals surface area contributed by atoms with Crippen LogP contribution in [0.15, 0.2) is 4.52 Å². The van der Waals surface area contributed by atoms with Crippen LogP contribution in [0.4, 0.5) is 11.8 Å². The summed E-state index contributed by atoms with van der Waals surface area (Å²) >= 11 is 0. The molecule has 0 fully saturated rings. The molecule has 19 heavy (non-hydrogen) atoms. The second-order valence-corrected chi connectivity index (χ2v) is 4.06. The van der Waals surface area contributed by atoms with Crippen molar-refractivity contribution < 1.29 is 4.52 Å². The van der Waals surface area contributed by atoms with Gasteiger partial charge in [-0.25, -0.2) is 4.98 Å². The van der Waals surface area contributed by atoms with Gasteiger partial charge in [0.05, 0.1) is 12.2 Å². The van der Waals surface area contributed by atoms with E-state index in [1.54, 1.807) is 6.92 Å². The molecule has 0 aliphatic heterocycles. The van der Waals surface area contributed by atoms with Crippen LogP contribution in [0, 0.1) is 13.8 Å². The molecule has 0 bridgehead atoms. The SMILES string of the molecule is Cc1nc(CNc2nc(N)nc3c(C)[nH]nc23)no1. The van der Waals surface area contributed by atoms with Gasteiger partial charge >= 0.3 is 0 Å². The van der Waals surface area contributed by atoms with E-state index in [-0.39, 0.29) is 5.95 Å². The zero-order valence-electron chi connectivity index (χ0n) is 10.4. The zero-order chi connectivity index (χ0) is 13.4. The fourth-order valence-electron chi connectivity index (χ4n) is 1.73. The first kappa shape index (κ1) is 11.4. The number of nitrogens with zero attached hydrogens (tertiary/aromatic N) is 5. The lowest BCUT2D eigenvalue weighted by Crippen LogP contribution is -2.06. The molecule has 0 aliphatic carbocycles. The maximum atomic E-state index is 5.67. The molecule has 3 heterocycles. The minimum atomic E-state index is 0.184. The Balaban J connectivity index is 1.92. The van der Waals surface area contributed by atoms with Gasteiger partial charge in [-0.05, 0) is 6.92 Å². The molecule has 0 aliphatic rings. The lowest BCUT2D eigenvalue weighted by Gasteiger charge is -2.03. The zero-order valence-corrected chi connectivity index (χ0v) is 10.4. The highest BCUT2D eigenvalue weighted by Gasteiger charge is 2.12. The Hall–Kier alpha value is -2.71. The number of rotatable bonds is 3. The first-order valence-electron chi connectivity index (χ1n) is 5.64. The Morgan fingerprint density at radius 1 is 1.21 bits per heavy atom. The van der Waals surface area contributed by atoms with Crippen LogP contribution in [0.1, 0.15) is 17.4 Å². The van der Waals surface area contributed by atoms with Crippen molar-refractivity contribution in [2.75, 3.05) is 11.1 Å². The largest absolute Gasteiger partial charge is 0.368 e. The first-order valence-corrected chi connectivity index (χ1v) is 5.64. The van der Waals surface area contributed by atoms with Gasteiger partial charge in [-0.1, -0.05) is 5.16 Å². The minimum Gasteiger partial charge on any atom is -0.368 e. The highest BCUT2D eigenvalue weighted by atomic mass is 16.5. The molecule has 0 aromatic carbocycles. The van der Waals surface area contributed by atoms with Gasteiger partial charge in [0.1, 0.15) is 5.52 Å². The number of hydrogen-bond donors (Lipinski definition) is 3. The Morgan fingerprint density at radius 2 is 2.05 bits per heavy atom. The molecule has 98 valence electrons.